The van der Waals surface area contributed by atoms with E-state index in [1.807, 2.05) is 24.3 Å². The molecule has 4 nitrogen and oxygen atoms in total. The Morgan fingerprint density at radius 1 is 1.44 bits per heavy atom. The molecule has 2 rings (SSSR count). The topological polar surface area (TPSA) is 66.6 Å². The largest absolute Gasteiger partial charge is 0.399 e. The molecule has 0 spiro atoms. The Morgan fingerprint density at radius 3 is 2.67 bits per heavy atom. The highest BCUT2D eigenvalue weighted by Gasteiger charge is 2.33. The molecule has 1 saturated heterocycles. The molecule has 1 aliphatic rings. The minimum atomic E-state index is -0.711. The standard InChI is InChI=1S/C14H20N2O2/c1-14(18)8-9-16(10-14)13(17)7-4-11-2-5-12(15)6-3-11/h2-3,5-6,18H,4,7-10,15H2,1H3. The summed E-state index contributed by atoms with van der Waals surface area (Å²) in [6, 6.07) is 7.59. The number of benzene rings is 1. The maximum atomic E-state index is 12.0. The zero-order chi connectivity index (χ0) is 13.2. The van der Waals surface area contributed by atoms with Crippen LogP contribution in [0.4, 0.5) is 5.69 Å². The fourth-order valence-corrected chi connectivity index (χ4v) is 2.25. The van der Waals surface area contributed by atoms with Gasteiger partial charge in [0.25, 0.3) is 0 Å². The van der Waals surface area contributed by atoms with Crippen molar-refractivity contribution in [2.45, 2.75) is 31.8 Å². The second kappa shape index (κ2) is 4.98. The molecule has 1 aliphatic heterocycles. The number of hydrogen-bond acceptors (Lipinski definition) is 3. The number of nitrogens with two attached hydrogens (primary N) is 1. The number of likely N-dealkylation sites (tertiary alicyclic amines) is 1. The molecule has 0 aliphatic carbocycles. The van der Waals surface area contributed by atoms with Crippen molar-refractivity contribution in [3.05, 3.63) is 29.8 Å². The zero-order valence-corrected chi connectivity index (χ0v) is 10.7. The molecule has 0 bridgehead atoms. The van der Waals surface area contributed by atoms with Crippen molar-refractivity contribution in [1.29, 1.82) is 0 Å². The lowest BCUT2D eigenvalue weighted by Gasteiger charge is -2.19. The minimum Gasteiger partial charge on any atom is -0.399 e. The van der Waals surface area contributed by atoms with Crippen molar-refractivity contribution >= 4 is 11.6 Å². The van der Waals surface area contributed by atoms with Gasteiger partial charge in [0, 0.05) is 25.2 Å². The number of rotatable bonds is 3. The summed E-state index contributed by atoms with van der Waals surface area (Å²) in [5.74, 6) is 0.115. The lowest BCUT2D eigenvalue weighted by molar-refractivity contribution is -0.131. The summed E-state index contributed by atoms with van der Waals surface area (Å²) < 4.78 is 0. The first-order valence-electron chi connectivity index (χ1n) is 6.31. The molecule has 1 aromatic rings. The van der Waals surface area contributed by atoms with Gasteiger partial charge in [0.15, 0.2) is 0 Å². The number of nitrogens with zero attached hydrogens (tertiary/aromatic N) is 1. The number of carbonyl (C=O) groups is 1. The number of nitrogen functional groups attached to an aromatic ring is 1. The van der Waals surface area contributed by atoms with E-state index in [0.29, 0.717) is 25.9 Å². The van der Waals surface area contributed by atoms with Crippen molar-refractivity contribution < 1.29 is 9.90 Å². The van der Waals surface area contributed by atoms with Gasteiger partial charge >= 0.3 is 0 Å². The third-order valence-electron chi connectivity index (χ3n) is 3.41. The molecular formula is C14H20N2O2. The maximum absolute atomic E-state index is 12.0. The number of β-amino-alcohol motifs (C(OH)–C–C–N with tert-alkyl or cyclic N) is 1. The molecule has 1 amide bonds. The van der Waals surface area contributed by atoms with Gasteiger partial charge in [0.2, 0.25) is 5.91 Å². The quantitative estimate of drug-likeness (QED) is 0.789. The van der Waals surface area contributed by atoms with E-state index >= 15 is 0 Å². The molecule has 0 saturated carbocycles. The third-order valence-corrected chi connectivity index (χ3v) is 3.41. The van der Waals surface area contributed by atoms with Crippen LogP contribution in [0.2, 0.25) is 0 Å². The predicted octanol–water partition coefficient (Wildman–Crippen LogP) is 1.18. The van der Waals surface area contributed by atoms with E-state index in [2.05, 4.69) is 0 Å². The van der Waals surface area contributed by atoms with Gasteiger partial charge in [-0.05, 0) is 37.5 Å². The van der Waals surface area contributed by atoms with Crippen LogP contribution in [0.25, 0.3) is 0 Å². The molecule has 1 atom stereocenters. The first kappa shape index (κ1) is 12.9. The number of aryl methyl sites for hydroxylation is 1. The maximum Gasteiger partial charge on any atom is 0.223 e. The Labute approximate surface area is 107 Å². The van der Waals surface area contributed by atoms with E-state index in [1.54, 1.807) is 11.8 Å². The monoisotopic (exact) mass is 248 g/mol. The van der Waals surface area contributed by atoms with Gasteiger partial charge in [-0.15, -0.1) is 0 Å². The smallest absolute Gasteiger partial charge is 0.223 e. The Hall–Kier alpha value is -1.55. The number of amides is 1. The summed E-state index contributed by atoms with van der Waals surface area (Å²) in [4.78, 5) is 13.7. The van der Waals surface area contributed by atoms with Crippen molar-refractivity contribution in [2.24, 2.45) is 0 Å². The summed E-state index contributed by atoms with van der Waals surface area (Å²) in [7, 11) is 0. The van der Waals surface area contributed by atoms with Crippen LogP contribution >= 0.6 is 0 Å². The predicted molar refractivity (Wildman–Crippen MR) is 71.0 cm³/mol. The van der Waals surface area contributed by atoms with Crippen molar-refractivity contribution in [3.63, 3.8) is 0 Å². The summed E-state index contributed by atoms with van der Waals surface area (Å²) in [5, 5.41) is 9.82. The number of aliphatic hydroxyl groups is 1. The first-order valence-corrected chi connectivity index (χ1v) is 6.31. The molecule has 3 N–H and O–H groups in total. The normalized spacial score (nSPS) is 23.3. The van der Waals surface area contributed by atoms with Gasteiger partial charge in [-0.25, -0.2) is 0 Å². The van der Waals surface area contributed by atoms with E-state index < -0.39 is 5.60 Å². The van der Waals surface area contributed by atoms with Crippen molar-refractivity contribution in [3.8, 4) is 0 Å². The van der Waals surface area contributed by atoms with Gasteiger partial charge in [0.1, 0.15) is 0 Å². The number of carbonyl (C=O) groups excluding carboxylic acids is 1. The Balaban J connectivity index is 1.84. The van der Waals surface area contributed by atoms with Crippen LogP contribution in [-0.2, 0) is 11.2 Å². The van der Waals surface area contributed by atoms with E-state index in [9.17, 15) is 9.90 Å². The molecule has 0 radical (unpaired) electrons. The lowest BCUT2D eigenvalue weighted by Crippen LogP contribution is -2.33. The molecule has 18 heavy (non-hydrogen) atoms. The van der Waals surface area contributed by atoms with Gasteiger partial charge in [-0.1, -0.05) is 12.1 Å². The van der Waals surface area contributed by atoms with Crippen LogP contribution in [0, 0.1) is 0 Å². The summed E-state index contributed by atoms with van der Waals surface area (Å²) >= 11 is 0. The average molecular weight is 248 g/mol. The van der Waals surface area contributed by atoms with E-state index in [-0.39, 0.29) is 5.91 Å². The number of anilines is 1. The highest BCUT2D eigenvalue weighted by molar-refractivity contribution is 5.76. The highest BCUT2D eigenvalue weighted by Crippen LogP contribution is 2.21. The molecular weight excluding hydrogens is 228 g/mol. The fraction of sp³-hybridized carbons (Fsp3) is 0.500. The lowest BCUT2D eigenvalue weighted by atomic mass is 10.1. The zero-order valence-electron chi connectivity index (χ0n) is 10.7. The van der Waals surface area contributed by atoms with Crippen LogP contribution in [0.5, 0.6) is 0 Å². The molecule has 98 valence electrons. The third kappa shape index (κ3) is 3.23. The summed E-state index contributed by atoms with van der Waals surface area (Å²) in [6.45, 7) is 2.89. The Kier molecular flexibility index (Phi) is 3.57. The average Bonchev–Trinajstić information content (AvgIpc) is 2.69. The summed E-state index contributed by atoms with van der Waals surface area (Å²) in [5.41, 5.74) is 6.75. The second-order valence-electron chi connectivity index (χ2n) is 5.30. The highest BCUT2D eigenvalue weighted by atomic mass is 16.3. The van der Waals surface area contributed by atoms with Crippen molar-refractivity contribution in [1.82, 2.24) is 4.90 Å². The van der Waals surface area contributed by atoms with Gasteiger partial charge in [-0.2, -0.15) is 0 Å². The van der Waals surface area contributed by atoms with E-state index in [0.717, 1.165) is 17.7 Å². The SMILES string of the molecule is CC1(O)CCN(C(=O)CCc2ccc(N)cc2)C1. The minimum absolute atomic E-state index is 0.115. The van der Waals surface area contributed by atoms with Crippen LogP contribution in [0.1, 0.15) is 25.3 Å². The Bertz CT molecular complexity index is 426. The van der Waals surface area contributed by atoms with Gasteiger partial charge < -0.3 is 15.7 Å². The van der Waals surface area contributed by atoms with Crippen LogP contribution in [0.15, 0.2) is 24.3 Å². The molecule has 1 unspecified atom stereocenters. The van der Waals surface area contributed by atoms with E-state index in [1.165, 1.54) is 0 Å². The van der Waals surface area contributed by atoms with Gasteiger partial charge in [0.05, 0.1) is 5.60 Å². The van der Waals surface area contributed by atoms with E-state index in [4.69, 9.17) is 5.73 Å². The molecule has 1 aromatic carbocycles. The summed E-state index contributed by atoms with van der Waals surface area (Å²) in [6.07, 6.45) is 1.87. The van der Waals surface area contributed by atoms with Crippen LogP contribution in [0.3, 0.4) is 0 Å². The first-order chi connectivity index (χ1) is 8.46. The Morgan fingerprint density at radius 2 is 2.11 bits per heavy atom. The second-order valence-corrected chi connectivity index (χ2v) is 5.30. The molecule has 1 heterocycles. The molecule has 0 aromatic heterocycles. The van der Waals surface area contributed by atoms with Crippen LogP contribution < -0.4 is 5.73 Å². The molecule has 4 heteroatoms. The molecule has 1 fully saturated rings. The van der Waals surface area contributed by atoms with Crippen molar-refractivity contribution in [2.75, 3.05) is 18.8 Å². The van der Waals surface area contributed by atoms with Crippen LogP contribution in [-0.4, -0.2) is 34.6 Å². The fourth-order valence-electron chi connectivity index (χ4n) is 2.25. The number of hydrogen-bond donors (Lipinski definition) is 2. The van der Waals surface area contributed by atoms with Gasteiger partial charge in [-0.3, -0.25) is 4.79 Å².